The van der Waals surface area contributed by atoms with Gasteiger partial charge >= 0.3 is 6.18 Å². The van der Waals surface area contributed by atoms with Gasteiger partial charge in [0.15, 0.2) is 5.82 Å². The smallest absolute Gasteiger partial charge is 0.308 e. The van der Waals surface area contributed by atoms with Crippen molar-refractivity contribution in [1.29, 1.82) is 0 Å². The Bertz CT molecular complexity index is 1200. The van der Waals surface area contributed by atoms with Crippen molar-refractivity contribution in [2.45, 2.75) is 26.2 Å². The number of aromatic nitrogens is 4. The molecule has 0 fully saturated rings. The van der Waals surface area contributed by atoms with Gasteiger partial charge in [-0.3, -0.25) is 14.2 Å². The minimum Gasteiger partial charge on any atom is -0.308 e. The van der Waals surface area contributed by atoms with Crippen molar-refractivity contribution in [1.82, 2.24) is 19.6 Å². The number of carbonyl (C=O) groups excluding carboxylic acids is 1. The highest BCUT2D eigenvalue weighted by Crippen LogP contribution is 2.29. The summed E-state index contributed by atoms with van der Waals surface area (Å²) in [5, 5.41) is 12.8. The summed E-state index contributed by atoms with van der Waals surface area (Å²) in [6.45, 7) is 1.38. The first-order valence-electron chi connectivity index (χ1n) is 9.21. The Morgan fingerprint density at radius 1 is 1.07 bits per heavy atom. The minimum atomic E-state index is -4.58. The van der Waals surface area contributed by atoms with Crippen LogP contribution in [0, 0.1) is 6.92 Å². The Labute approximate surface area is 169 Å². The van der Waals surface area contributed by atoms with Crippen molar-refractivity contribution < 1.29 is 18.0 Å². The van der Waals surface area contributed by atoms with Crippen molar-refractivity contribution >= 4 is 22.5 Å². The molecule has 9 heteroatoms. The number of hydrogen-bond acceptors (Lipinski definition) is 3. The topological polar surface area (TPSA) is 64.7 Å². The third-order valence-electron chi connectivity index (χ3n) is 4.61. The predicted octanol–water partition coefficient (Wildman–Crippen LogP) is 4.25. The van der Waals surface area contributed by atoms with Crippen LogP contribution in [0.3, 0.4) is 0 Å². The van der Waals surface area contributed by atoms with Crippen molar-refractivity contribution in [2.75, 3.05) is 5.32 Å². The van der Waals surface area contributed by atoms with Crippen LogP contribution in [0.2, 0.25) is 0 Å². The molecule has 1 amide bonds. The summed E-state index contributed by atoms with van der Waals surface area (Å²) in [4.78, 5) is 12.2. The molecule has 0 spiro atoms. The molecule has 154 valence electrons. The fraction of sp³-hybridized carbons (Fsp3) is 0.190. The second-order valence-electron chi connectivity index (χ2n) is 6.91. The molecule has 6 nitrogen and oxygen atoms in total. The third kappa shape index (κ3) is 4.19. The number of halogens is 3. The van der Waals surface area contributed by atoms with Crippen molar-refractivity contribution in [3.8, 4) is 0 Å². The van der Waals surface area contributed by atoms with Gasteiger partial charge in [0.25, 0.3) is 0 Å². The lowest BCUT2D eigenvalue weighted by Crippen LogP contribution is -2.24. The van der Waals surface area contributed by atoms with Gasteiger partial charge in [-0.15, -0.1) is 0 Å². The van der Waals surface area contributed by atoms with Crippen LogP contribution in [0.15, 0.2) is 60.8 Å². The standard InChI is InChI=1S/C21H18F3N5O/c1-14-11-18(21(22,23)24)29(26-14)13-20(30)25-19-9-10-28(27-19)12-16-7-4-6-15-5-2-3-8-17(15)16/h2-11H,12-13H2,1H3,(H,25,27,30). The summed E-state index contributed by atoms with van der Waals surface area (Å²) < 4.78 is 41.5. The molecule has 1 N–H and O–H groups in total. The van der Waals surface area contributed by atoms with Crippen LogP contribution in [0.5, 0.6) is 0 Å². The number of hydrogen-bond donors (Lipinski definition) is 1. The highest BCUT2D eigenvalue weighted by Gasteiger charge is 2.35. The molecule has 0 radical (unpaired) electrons. The Kier molecular flexibility index (Phi) is 5.03. The van der Waals surface area contributed by atoms with Gasteiger partial charge < -0.3 is 5.32 Å². The maximum atomic E-state index is 13.1. The van der Waals surface area contributed by atoms with Gasteiger partial charge in [-0.2, -0.15) is 23.4 Å². The molecule has 0 aliphatic rings. The number of nitrogens with one attached hydrogen (secondary N) is 1. The van der Waals surface area contributed by atoms with Crippen molar-refractivity contribution in [3.05, 3.63) is 77.7 Å². The molecule has 0 aliphatic carbocycles. The molecule has 2 heterocycles. The minimum absolute atomic E-state index is 0.189. The van der Waals surface area contributed by atoms with Gasteiger partial charge in [-0.25, -0.2) is 0 Å². The van der Waals surface area contributed by atoms with Gasteiger partial charge in [0.2, 0.25) is 5.91 Å². The highest BCUT2D eigenvalue weighted by molar-refractivity contribution is 5.89. The summed E-state index contributed by atoms with van der Waals surface area (Å²) in [5.74, 6) is -0.378. The van der Waals surface area contributed by atoms with Crippen molar-refractivity contribution in [2.24, 2.45) is 0 Å². The Balaban J connectivity index is 1.46. The Morgan fingerprint density at radius 2 is 1.83 bits per heavy atom. The van der Waals surface area contributed by atoms with Crippen LogP contribution < -0.4 is 5.32 Å². The first-order valence-corrected chi connectivity index (χ1v) is 9.21. The fourth-order valence-corrected chi connectivity index (χ4v) is 3.33. The average molecular weight is 413 g/mol. The SMILES string of the molecule is Cc1cc(C(F)(F)F)n(CC(=O)Nc2ccn(Cc3cccc4ccccc34)n2)n1. The number of carbonyl (C=O) groups is 1. The summed E-state index contributed by atoms with van der Waals surface area (Å²) in [6.07, 6.45) is -2.88. The number of nitrogens with zero attached hydrogens (tertiary/aromatic N) is 4. The summed E-state index contributed by atoms with van der Waals surface area (Å²) in [6, 6.07) is 16.5. The zero-order chi connectivity index (χ0) is 21.3. The van der Waals surface area contributed by atoms with E-state index in [1.165, 1.54) is 6.92 Å². The molecule has 0 unspecified atom stereocenters. The lowest BCUT2D eigenvalue weighted by Gasteiger charge is -2.10. The van der Waals surface area contributed by atoms with E-state index in [4.69, 9.17) is 0 Å². The molecule has 0 saturated carbocycles. The molecule has 30 heavy (non-hydrogen) atoms. The number of aryl methyl sites for hydroxylation is 1. The number of amides is 1. The first kappa shape index (κ1) is 19.7. The number of benzene rings is 2. The maximum Gasteiger partial charge on any atom is 0.433 e. The van der Waals surface area contributed by atoms with Crippen LogP contribution in [0.1, 0.15) is 17.0 Å². The van der Waals surface area contributed by atoms with Crippen LogP contribution in [0.4, 0.5) is 19.0 Å². The van der Waals surface area contributed by atoms with Crippen LogP contribution >= 0.6 is 0 Å². The first-order chi connectivity index (χ1) is 14.3. The monoisotopic (exact) mass is 413 g/mol. The molecular formula is C21H18F3N5O. The van der Waals surface area contributed by atoms with Crippen LogP contribution in [-0.2, 0) is 24.1 Å². The zero-order valence-electron chi connectivity index (χ0n) is 16.0. The molecule has 2 aromatic carbocycles. The third-order valence-corrected chi connectivity index (χ3v) is 4.61. The second kappa shape index (κ2) is 7.66. The quantitative estimate of drug-likeness (QED) is 0.532. The summed E-state index contributed by atoms with van der Waals surface area (Å²) in [5.41, 5.74) is 0.294. The zero-order valence-corrected chi connectivity index (χ0v) is 16.0. The largest absolute Gasteiger partial charge is 0.433 e. The number of rotatable bonds is 5. The molecule has 0 aliphatic heterocycles. The average Bonchev–Trinajstić information content (AvgIpc) is 3.28. The lowest BCUT2D eigenvalue weighted by molar-refractivity contribution is -0.144. The number of anilines is 1. The van der Waals surface area contributed by atoms with E-state index in [0.717, 1.165) is 22.4 Å². The molecule has 0 saturated heterocycles. The maximum absolute atomic E-state index is 13.1. The molecular weight excluding hydrogens is 395 g/mol. The van der Waals surface area contributed by atoms with Gasteiger partial charge in [0.05, 0.1) is 12.2 Å². The molecule has 0 atom stereocenters. The van der Waals surface area contributed by atoms with E-state index in [1.54, 1.807) is 16.9 Å². The normalized spacial score (nSPS) is 11.7. The van der Waals surface area contributed by atoms with Gasteiger partial charge in [0.1, 0.15) is 12.2 Å². The second-order valence-corrected chi connectivity index (χ2v) is 6.91. The van der Waals surface area contributed by atoms with Gasteiger partial charge in [-0.05, 0) is 29.3 Å². The Morgan fingerprint density at radius 3 is 2.63 bits per heavy atom. The van der Waals surface area contributed by atoms with Gasteiger partial charge in [0, 0.05) is 12.3 Å². The summed E-state index contributed by atoms with van der Waals surface area (Å²) in [7, 11) is 0. The van der Waals surface area contributed by atoms with E-state index in [9.17, 15) is 18.0 Å². The lowest BCUT2D eigenvalue weighted by atomic mass is 10.0. The number of fused-ring (bicyclic) bond motifs is 1. The fourth-order valence-electron chi connectivity index (χ4n) is 3.33. The molecule has 2 aromatic heterocycles. The Hall–Kier alpha value is -3.62. The van der Waals surface area contributed by atoms with Crippen LogP contribution in [-0.4, -0.2) is 25.5 Å². The van der Waals surface area contributed by atoms with Crippen molar-refractivity contribution in [3.63, 3.8) is 0 Å². The van der Waals surface area contributed by atoms with E-state index >= 15 is 0 Å². The number of alkyl halides is 3. The molecule has 4 rings (SSSR count). The predicted molar refractivity (Wildman–Crippen MR) is 106 cm³/mol. The van der Waals surface area contributed by atoms with E-state index in [0.29, 0.717) is 11.2 Å². The van der Waals surface area contributed by atoms with E-state index in [1.807, 2.05) is 42.5 Å². The van der Waals surface area contributed by atoms with Gasteiger partial charge in [-0.1, -0.05) is 42.5 Å². The van der Waals surface area contributed by atoms with E-state index in [2.05, 4.69) is 15.5 Å². The summed E-state index contributed by atoms with van der Waals surface area (Å²) >= 11 is 0. The van der Waals surface area contributed by atoms with E-state index < -0.39 is 24.3 Å². The van der Waals surface area contributed by atoms with E-state index in [-0.39, 0.29) is 11.5 Å². The highest BCUT2D eigenvalue weighted by atomic mass is 19.4. The van der Waals surface area contributed by atoms with Crippen LogP contribution in [0.25, 0.3) is 10.8 Å². The molecule has 4 aromatic rings. The molecule has 0 bridgehead atoms.